The maximum atomic E-state index is 13.4. The van der Waals surface area contributed by atoms with Crippen LogP contribution < -0.4 is 0 Å². The van der Waals surface area contributed by atoms with E-state index in [0.29, 0.717) is 4.47 Å². The number of hydrogen-bond acceptors (Lipinski definition) is 1. The molecule has 0 aliphatic heterocycles. The Kier molecular flexibility index (Phi) is 4.29. The van der Waals surface area contributed by atoms with E-state index in [1.54, 1.807) is 24.5 Å². The highest BCUT2D eigenvalue weighted by Gasteiger charge is 2.10. The Morgan fingerprint density at radius 1 is 1.18 bits per heavy atom. The van der Waals surface area contributed by atoms with E-state index in [9.17, 15) is 4.39 Å². The van der Waals surface area contributed by atoms with Gasteiger partial charge in [0.15, 0.2) is 0 Å². The highest BCUT2D eigenvalue weighted by molar-refractivity contribution is 9.10. The quantitative estimate of drug-likeness (QED) is 0.727. The van der Waals surface area contributed by atoms with Crippen LogP contribution >= 0.6 is 31.9 Å². The number of alkyl halides is 1. The smallest absolute Gasteiger partial charge is 0.137 e. The number of benzene rings is 1. The van der Waals surface area contributed by atoms with E-state index < -0.39 is 0 Å². The lowest BCUT2D eigenvalue weighted by molar-refractivity contribution is 0.618. The average molecular weight is 359 g/mol. The Bertz CT molecular complexity index is 502. The van der Waals surface area contributed by atoms with Crippen LogP contribution in [0.2, 0.25) is 0 Å². The normalized spacial score (nSPS) is 12.4. The van der Waals surface area contributed by atoms with Gasteiger partial charge in [0.1, 0.15) is 5.82 Å². The first-order valence-electron chi connectivity index (χ1n) is 5.15. The van der Waals surface area contributed by atoms with Crippen LogP contribution in [0.25, 0.3) is 0 Å². The summed E-state index contributed by atoms with van der Waals surface area (Å²) < 4.78 is 13.9. The van der Waals surface area contributed by atoms with Crippen LogP contribution in [0.4, 0.5) is 4.39 Å². The van der Waals surface area contributed by atoms with E-state index in [-0.39, 0.29) is 10.6 Å². The van der Waals surface area contributed by atoms with Gasteiger partial charge in [-0.1, -0.05) is 22.0 Å². The Morgan fingerprint density at radius 3 is 2.53 bits per heavy atom. The fourth-order valence-corrected chi connectivity index (χ4v) is 2.46. The van der Waals surface area contributed by atoms with Gasteiger partial charge in [0.25, 0.3) is 0 Å². The van der Waals surface area contributed by atoms with Crippen LogP contribution in [0.3, 0.4) is 0 Å². The minimum Gasteiger partial charge on any atom is -0.265 e. The van der Waals surface area contributed by atoms with Crippen molar-refractivity contribution in [3.05, 3.63) is 64.1 Å². The van der Waals surface area contributed by atoms with E-state index in [4.69, 9.17) is 0 Å². The second-order valence-corrected chi connectivity index (χ2v) is 5.66. The van der Waals surface area contributed by atoms with Crippen molar-refractivity contribution >= 4 is 31.9 Å². The van der Waals surface area contributed by atoms with E-state index in [0.717, 1.165) is 12.0 Å². The Labute approximate surface area is 116 Å². The largest absolute Gasteiger partial charge is 0.265 e. The second-order valence-electron chi connectivity index (χ2n) is 3.70. The summed E-state index contributed by atoms with van der Waals surface area (Å²) in [7, 11) is 0. The zero-order valence-electron chi connectivity index (χ0n) is 8.91. The molecule has 1 aromatic carbocycles. The third kappa shape index (κ3) is 3.36. The van der Waals surface area contributed by atoms with Crippen LogP contribution in [0.5, 0.6) is 0 Å². The molecule has 0 saturated heterocycles. The molecular weight excluding hydrogens is 349 g/mol. The second kappa shape index (κ2) is 5.74. The molecule has 0 amide bonds. The number of pyridine rings is 1. The molecule has 1 heterocycles. The molecule has 88 valence electrons. The van der Waals surface area contributed by atoms with Crippen LogP contribution in [-0.2, 0) is 6.42 Å². The maximum absolute atomic E-state index is 13.4. The zero-order chi connectivity index (χ0) is 12.3. The summed E-state index contributed by atoms with van der Waals surface area (Å²) in [5, 5.41) is 0. The van der Waals surface area contributed by atoms with Crippen molar-refractivity contribution < 1.29 is 4.39 Å². The van der Waals surface area contributed by atoms with Crippen molar-refractivity contribution in [1.82, 2.24) is 4.98 Å². The Morgan fingerprint density at radius 2 is 1.88 bits per heavy atom. The van der Waals surface area contributed by atoms with Crippen molar-refractivity contribution in [1.29, 1.82) is 0 Å². The number of nitrogens with zero attached hydrogens (tertiary/aromatic N) is 1. The van der Waals surface area contributed by atoms with Gasteiger partial charge in [-0.05, 0) is 57.7 Å². The van der Waals surface area contributed by atoms with Crippen LogP contribution in [0.15, 0.2) is 47.2 Å². The first-order chi connectivity index (χ1) is 8.16. The molecule has 0 N–H and O–H groups in total. The summed E-state index contributed by atoms with van der Waals surface area (Å²) in [6, 6.07) is 9.11. The molecule has 0 fully saturated rings. The molecule has 17 heavy (non-hydrogen) atoms. The maximum Gasteiger partial charge on any atom is 0.137 e. The molecule has 0 aliphatic rings. The van der Waals surface area contributed by atoms with Crippen molar-refractivity contribution in [3.8, 4) is 0 Å². The first kappa shape index (κ1) is 12.7. The fourth-order valence-electron chi connectivity index (χ4n) is 1.55. The lowest BCUT2D eigenvalue weighted by Crippen LogP contribution is -1.96. The third-order valence-electron chi connectivity index (χ3n) is 2.47. The van der Waals surface area contributed by atoms with Crippen molar-refractivity contribution in [2.45, 2.75) is 11.2 Å². The Balaban J connectivity index is 2.14. The average Bonchev–Trinajstić information content (AvgIpc) is 2.34. The van der Waals surface area contributed by atoms with Gasteiger partial charge in [-0.25, -0.2) is 4.39 Å². The standard InChI is InChI=1S/C13H10Br2FN/c14-11-2-1-10(8-13(11)16)12(15)7-9-3-5-17-6-4-9/h1-6,8,12H,7H2. The summed E-state index contributed by atoms with van der Waals surface area (Å²) in [5.41, 5.74) is 2.10. The van der Waals surface area contributed by atoms with Gasteiger partial charge in [0.2, 0.25) is 0 Å². The molecule has 0 saturated carbocycles. The van der Waals surface area contributed by atoms with Crippen LogP contribution in [0.1, 0.15) is 16.0 Å². The van der Waals surface area contributed by atoms with Gasteiger partial charge >= 0.3 is 0 Å². The molecular formula is C13H10Br2FN. The number of rotatable bonds is 3. The predicted octanol–water partition coefficient (Wildman–Crippen LogP) is 4.66. The van der Waals surface area contributed by atoms with Gasteiger partial charge in [0.05, 0.1) is 4.47 Å². The highest BCUT2D eigenvalue weighted by atomic mass is 79.9. The van der Waals surface area contributed by atoms with Crippen LogP contribution in [-0.4, -0.2) is 4.98 Å². The SMILES string of the molecule is Fc1cc(C(Br)Cc2ccncc2)ccc1Br. The molecule has 0 aliphatic carbocycles. The van der Waals surface area contributed by atoms with E-state index >= 15 is 0 Å². The van der Waals surface area contributed by atoms with Gasteiger partial charge in [-0.2, -0.15) is 0 Å². The highest BCUT2D eigenvalue weighted by Crippen LogP contribution is 2.29. The van der Waals surface area contributed by atoms with Crippen molar-refractivity contribution in [2.75, 3.05) is 0 Å². The lowest BCUT2D eigenvalue weighted by atomic mass is 10.1. The monoisotopic (exact) mass is 357 g/mol. The van der Waals surface area contributed by atoms with Crippen molar-refractivity contribution in [2.24, 2.45) is 0 Å². The van der Waals surface area contributed by atoms with E-state index in [1.165, 1.54) is 5.56 Å². The summed E-state index contributed by atoms with van der Waals surface area (Å²) in [5.74, 6) is -0.235. The molecule has 1 atom stereocenters. The lowest BCUT2D eigenvalue weighted by Gasteiger charge is -2.10. The fraction of sp³-hybridized carbons (Fsp3) is 0.154. The molecule has 1 nitrogen and oxygen atoms in total. The minimum absolute atomic E-state index is 0.104. The minimum atomic E-state index is -0.235. The van der Waals surface area contributed by atoms with E-state index in [1.807, 2.05) is 18.2 Å². The van der Waals surface area contributed by atoms with Gasteiger partial charge in [0, 0.05) is 17.2 Å². The van der Waals surface area contributed by atoms with Gasteiger partial charge in [-0.15, -0.1) is 0 Å². The number of aromatic nitrogens is 1. The molecule has 0 radical (unpaired) electrons. The summed E-state index contributed by atoms with van der Waals surface area (Å²) in [6.45, 7) is 0. The number of hydrogen-bond donors (Lipinski definition) is 0. The Hall–Kier alpha value is -0.740. The first-order valence-corrected chi connectivity index (χ1v) is 6.85. The number of halogens is 3. The summed E-state index contributed by atoms with van der Waals surface area (Å²) in [6.07, 6.45) is 4.33. The van der Waals surface area contributed by atoms with Gasteiger partial charge < -0.3 is 0 Å². The molecule has 2 aromatic rings. The molecule has 4 heteroatoms. The molecule has 0 spiro atoms. The van der Waals surface area contributed by atoms with Gasteiger partial charge in [-0.3, -0.25) is 4.98 Å². The van der Waals surface area contributed by atoms with E-state index in [2.05, 4.69) is 36.8 Å². The molecule has 1 aromatic heterocycles. The van der Waals surface area contributed by atoms with Crippen molar-refractivity contribution in [3.63, 3.8) is 0 Å². The topological polar surface area (TPSA) is 12.9 Å². The summed E-state index contributed by atoms with van der Waals surface area (Å²) >= 11 is 6.73. The summed E-state index contributed by atoms with van der Waals surface area (Å²) in [4.78, 5) is 4.07. The molecule has 2 rings (SSSR count). The molecule has 1 unspecified atom stereocenters. The zero-order valence-corrected chi connectivity index (χ0v) is 12.1. The van der Waals surface area contributed by atoms with Crippen LogP contribution in [0, 0.1) is 5.82 Å². The third-order valence-corrected chi connectivity index (χ3v) is 3.97. The predicted molar refractivity (Wildman–Crippen MR) is 73.7 cm³/mol. The molecule has 0 bridgehead atoms.